The van der Waals surface area contributed by atoms with E-state index in [0.29, 0.717) is 0 Å². The fourth-order valence-electron chi connectivity index (χ4n) is 2.55. The molecule has 1 N–H and O–H groups in total. The van der Waals surface area contributed by atoms with Gasteiger partial charge in [0.1, 0.15) is 0 Å². The van der Waals surface area contributed by atoms with Gasteiger partial charge in [0.15, 0.2) is 0 Å². The second kappa shape index (κ2) is 6.79. The maximum Gasteiger partial charge on any atom is 0.0366 e. The zero-order valence-electron chi connectivity index (χ0n) is 11.8. The molecule has 0 saturated carbocycles. The highest BCUT2D eigenvalue weighted by atomic mass is 15.2. The highest BCUT2D eigenvalue weighted by Gasteiger charge is 2.26. The molecule has 0 unspecified atom stereocenters. The van der Waals surface area contributed by atoms with Crippen molar-refractivity contribution >= 4 is 5.69 Å². The molecule has 18 heavy (non-hydrogen) atoms. The second-order valence-corrected chi connectivity index (χ2v) is 5.39. The third-order valence-corrected chi connectivity index (χ3v) is 3.66. The number of nitrogens with one attached hydrogen (secondary N) is 1. The predicted octanol–water partition coefficient (Wildman–Crippen LogP) is 3.07. The molecule has 1 aromatic rings. The van der Waals surface area contributed by atoms with Crippen LogP contribution in [0.15, 0.2) is 24.3 Å². The molecule has 2 heteroatoms. The molecule has 0 aliphatic carbocycles. The molecule has 1 aliphatic rings. The molecule has 2 nitrogen and oxygen atoms in total. The lowest BCUT2D eigenvalue weighted by molar-refractivity contribution is 0.386. The minimum atomic E-state index is 0.840. The third kappa shape index (κ3) is 3.49. The van der Waals surface area contributed by atoms with Crippen molar-refractivity contribution in [3.63, 3.8) is 0 Å². The van der Waals surface area contributed by atoms with Gasteiger partial charge in [-0.25, -0.2) is 0 Å². The summed E-state index contributed by atoms with van der Waals surface area (Å²) < 4.78 is 0. The summed E-state index contributed by atoms with van der Waals surface area (Å²) in [7, 11) is 0. The summed E-state index contributed by atoms with van der Waals surface area (Å²) in [5.74, 6) is 0.840. The number of hydrogen-bond donors (Lipinski definition) is 1. The van der Waals surface area contributed by atoms with E-state index in [4.69, 9.17) is 0 Å². The van der Waals surface area contributed by atoms with E-state index < -0.39 is 0 Å². The molecule has 1 saturated heterocycles. The van der Waals surface area contributed by atoms with Crippen molar-refractivity contribution < 1.29 is 0 Å². The summed E-state index contributed by atoms with van der Waals surface area (Å²) in [5.41, 5.74) is 2.85. The van der Waals surface area contributed by atoms with Gasteiger partial charge in [-0.2, -0.15) is 0 Å². The van der Waals surface area contributed by atoms with E-state index in [-0.39, 0.29) is 0 Å². The first-order valence-corrected chi connectivity index (χ1v) is 7.38. The minimum Gasteiger partial charge on any atom is -0.371 e. The standard InChI is InChI=1S/C16H26N2/c1-3-5-14-6-8-16(9-7-14)18-12-15(13-18)11-17-10-4-2/h6-9,15,17H,3-5,10-13H2,1-2H3. The Labute approximate surface area is 111 Å². The number of nitrogens with zero attached hydrogens (tertiary/aromatic N) is 1. The van der Waals surface area contributed by atoms with E-state index in [9.17, 15) is 0 Å². The molecule has 0 radical (unpaired) electrons. The largest absolute Gasteiger partial charge is 0.371 e. The molecule has 1 fully saturated rings. The third-order valence-electron chi connectivity index (χ3n) is 3.66. The van der Waals surface area contributed by atoms with Crippen LogP contribution in [-0.2, 0) is 6.42 Å². The van der Waals surface area contributed by atoms with Crippen LogP contribution in [0.3, 0.4) is 0 Å². The first kappa shape index (κ1) is 13.4. The second-order valence-electron chi connectivity index (χ2n) is 5.39. The average molecular weight is 246 g/mol. The van der Waals surface area contributed by atoms with Crippen LogP contribution in [0.5, 0.6) is 0 Å². The molecular formula is C16H26N2. The van der Waals surface area contributed by atoms with E-state index in [1.54, 1.807) is 0 Å². The van der Waals surface area contributed by atoms with Crippen LogP contribution in [-0.4, -0.2) is 26.2 Å². The lowest BCUT2D eigenvalue weighted by Crippen LogP contribution is -2.50. The van der Waals surface area contributed by atoms with Crippen LogP contribution >= 0.6 is 0 Å². The Morgan fingerprint density at radius 2 is 1.83 bits per heavy atom. The van der Waals surface area contributed by atoms with E-state index in [1.807, 2.05) is 0 Å². The van der Waals surface area contributed by atoms with E-state index >= 15 is 0 Å². The van der Waals surface area contributed by atoms with Gasteiger partial charge in [0.2, 0.25) is 0 Å². The van der Waals surface area contributed by atoms with E-state index in [2.05, 4.69) is 48.3 Å². The molecule has 0 spiro atoms. The number of hydrogen-bond acceptors (Lipinski definition) is 2. The van der Waals surface area contributed by atoms with Crippen molar-refractivity contribution in [1.82, 2.24) is 5.32 Å². The van der Waals surface area contributed by atoms with Crippen molar-refractivity contribution in [3.8, 4) is 0 Å². The fraction of sp³-hybridized carbons (Fsp3) is 0.625. The molecule has 0 amide bonds. The van der Waals surface area contributed by atoms with Crippen molar-refractivity contribution in [2.24, 2.45) is 5.92 Å². The summed E-state index contributed by atoms with van der Waals surface area (Å²) in [4.78, 5) is 2.48. The van der Waals surface area contributed by atoms with Crippen molar-refractivity contribution in [2.75, 3.05) is 31.1 Å². The van der Waals surface area contributed by atoms with Crippen LogP contribution in [0.25, 0.3) is 0 Å². The molecule has 1 aromatic carbocycles. The average Bonchev–Trinajstić information content (AvgIpc) is 2.34. The highest BCUT2D eigenvalue weighted by Crippen LogP contribution is 2.24. The van der Waals surface area contributed by atoms with Gasteiger partial charge >= 0.3 is 0 Å². The molecular weight excluding hydrogens is 220 g/mol. The molecule has 2 rings (SSSR count). The topological polar surface area (TPSA) is 15.3 Å². The molecule has 1 heterocycles. The Hall–Kier alpha value is -1.02. The summed E-state index contributed by atoms with van der Waals surface area (Å²) in [6, 6.07) is 9.12. The Kier molecular flexibility index (Phi) is 5.06. The summed E-state index contributed by atoms with van der Waals surface area (Å²) in [6.45, 7) is 9.21. The Morgan fingerprint density at radius 1 is 1.11 bits per heavy atom. The highest BCUT2D eigenvalue weighted by molar-refractivity contribution is 5.49. The van der Waals surface area contributed by atoms with Gasteiger partial charge in [0, 0.05) is 31.2 Å². The van der Waals surface area contributed by atoms with Gasteiger partial charge in [-0.05, 0) is 37.1 Å². The van der Waals surface area contributed by atoms with Crippen molar-refractivity contribution in [2.45, 2.75) is 33.1 Å². The monoisotopic (exact) mass is 246 g/mol. The SMILES string of the molecule is CCCNCC1CN(c2ccc(CCC)cc2)C1. The van der Waals surface area contributed by atoms with Gasteiger partial charge in [0.25, 0.3) is 0 Å². The molecule has 1 aliphatic heterocycles. The Bertz CT molecular complexity index is 339. The normalized spacial score (nSPS) is 15.8. The van der Waals surface area contributed by atoms with Crippen LogP contribution in [0.4, 0.5) is 5.69 Å². The summed E-state index contributed by atoms with van der Waals surface area (Å²) >= 11 is 0. The minimum absolute atomic E-state index is 0.840. The maximum atomic E-state index is 3.51. The van der Waals surface area contributed by atoms with Gasteiger partial charge in [0.05, 0.1) is 0 Å². The smallest absolute Gasteiger partial charge is 0.0366 e. The van der Waals surface area contributed by atoms with Crippen LogP contribution in [0.2, 0.25) is 0 Å². The van der Waals surface area contributed by atoms with Crippen LogP contribution in [0, 0.1) is 5.92 Å². The van der Waals surface area contributed by atoms with Gasteiger partial charge in [-0.15, -0.1) is 0 Å². The van der Waals surface area contributed by atoms with E-state index in [1.165, 1.54) is 50.1 Å². The Morgan fingerprint density at radius 3 is 2.44 bits per heavy atom. The maximum absolute atomic E-state index is 3.51. The zero-order chi connectivity index (χ0) is 12.8. The lowest BCUT2D eigenvalue weighted by atomic mass is 9.98. The van der Waals surface area contributed by atoms with Gasteiger partial charge < -0.3 is 10.2 Å². The first-order chi connectivity index (χ1) is 8.83. The number of anilines is 1. The molecule has 0 atom stereocenters. The zero-order valence-corrected chi connectivity index (χ0v) is 11.8. The van der Waals surface area contributed by atoms with Crippen molar-refractivity contribution in [3.05, 3.63) is 29.8 Å². The Balaban J connectivity index is 1.74. The number of benzene rings is 1. The van der Waals surface area contributed by atoms with E-state index in [0.717, 1.165) is 12.5 Å². The van der Waals surface area contributed by atoms with Crippen LogP contribution in [0.1, 0.15) is 32.3 Å². The van der Waals surface area contributed by atoms with Gasteiger partial charge in [-0.3, -0.25) is 0 Å². The molecule has 0 bridgehead atoms. The number of aryl methyl sites for hydroxylation is 1. The summed E-state index contributed by atoms with van der Waals surface area (Å²) in [5, 5.41) is 3.51. The quantitative estimate of drug-likeness (QED) is 0.744. The van der Waals surface area contributed by atoms with Crippen LogP contribution < -0.4 is 10.2 Å². The number of rotatable bonds is 7. The fourth-order valence-corrected chi connectivity index (χ4v) is 2.55. The summed E-state index contributed by atoms with van der Waals surface area (Å²) in [6.07, 6.45) is 3.66. The van der Waals surface area contributed by atoms with Gasteiger partial charge in [-0.1, -0.05) is 32.4 Å². The molecule has 0 aromatic heterocycles. The molecule has 100 valence electrons. The first-order valence-electron chi connectivity index (χ1n) is 7.38. The van der Waals surface area contributed by atoms with Crippen molar-refractivity contribution in [1.29, 1.82) is 0 Å². The lowest BCUT2D eigenvalue weighted by Gasteiger charge is -2.41. The predicted molar refractivity (Wildman–Crippen MR) is 79.3 cm³/mol.